The van der Waals surface area contributed by atoms with Crippen LogP contribution in [0.2, 0.25) is 0 Å². The number of carbonyl (C=O) groups is 1. The van der Waals surface area contributed by atoms with Crippen LogP contribution in [0.1, 0.15) is 21.6 Å². The molecular weight excluding hydrogens is 262 g/mol. The molecule has 0 N–H and O–H groups in total. The molecule has 0 aliphatic rings. The lowest BCUT2D eigenvalue weighted by Crippen LogP contribution is -2.04. The van der Waals surface area contributed by atoms with Gasteiger partial charge in [0.2, 0.25) is 0 Å². The summed E-state index contributed by atoms with van der Waals surface area (Å²) in [5.41, 5.74) is 3.92. The molecule has 0 fully saturated rings. The van der Waals surface area contributed by atoms with Gasteiger partial charge in [0, 0.05) is 27.7 Å². The Morgan fingerprint density at radius 2 is 1.81 bits per heavy atom. The van der Waals surface area contributed by atoms with Gasteiger partial charge in [0.05, 0.1) is 13.7 Å². The smallest absolute Gasteiger partial charge is 0.152 e. The minimum Gasteiger partial charge on any atom is -0.496 e. The molecule has 1 aromatic heterocycles. The van der Waals surface area contributed by atoms with Crippen LogP contribution in [0.15, 0.2) is 48.5 Å². The summed E-state index contributed by atoms with van der Waals surface area (Å²) in [5.74, 6) is 0.863. The third-order valence-electron chi connectivity index (χ3n) is 3.92. The number of aldehydes is 1. The van der Waals surface area contributed by atoms with Crippen LogP contribution in [-0.2, 0) is 6.54 Å². The number of ether oxygens (including phenoxy) is 1. The first kappa shape index (κ1) is 13.4. The molecule has 1 heterocycles. The normalized spacial score (nSPS) is 10.8. The Morgan fingerprint density at radius 3 is 2.57 bits per heavy atom. The summed E-state index contributed by atoms with van der Waals surface area (Å²) in [5, 5.41) is 1.000. The SMILES string of the molecule is COc1ccccc1Cn1c(C)c(C=O)c2ccccc21. The zero-order valence-electron chi connectivity index (χ0n) is 12.2. The molecule has 3 rings (SSSR count). The molecule has 2 aromatic carbocycles. The number of para-hydroxylation sites is 2. The van der Waals surface area contributed by atoms with E-state index in [9.17, 15) is 4.79 Å². The van der Waals surface area contributed by atoms with Gasteiger partial charge in [-0.25, -0.2) is 0 Å². The third kappa shape index (κ3) is 2.21. The molecule has 0 saturated heterocycles. The minimum atomic E-state index is 0.685. The highest BCUT2D eigenvalue weighted by Crippen LogP contribution is 2.27. The van der Waals surface area contributed by atoms with E-state index in [1.54, 1.807) is 7.11 Å². The van der Waals surface area contributed by atoms with Gasteiger partial charge in [-0.1, -0.05) is 36.4 Å². The molecule has 3 nitrogen and oxygen atoms in total. The van der Waals surface area contributed by atoms with Crippen molar-refractivity contribution in [2.24, 2.45) is 0 Å². The standard InChI is InChI=1S/C18H17NO2/c1-13-16(12-20)15-8-4-5-9-17(15)19(13)11-14-7-3-6-10-18(14)21-2/h3-10,12H,11H2,1-2H3. The predicted octanol–water partition coefficient (Wildman–Crippen LogP) is 3.82. The van der Waals surface area contributed by atoms with Gasteiger partial charge in [0.1, 0.15) is 5.75 Å². The number of aromatic nitrogens is 1. The lowest BCUT2D eigenvalue weighted by atomic mass is 10.1. The average Bonchev–Trinajstić information content (AvgIpc) is 2.80. The molecule has 3 heteroatoms. The average molecular weight is 279 g/mol. The minimum absolute atomic E-state index is 0.685. The van der Waals surface area contributed by atoms with E-state index in [2.05, 4.69) is 4.57 Å². The van der Waals surface area contributed by atoms with Gasteiger partial charge in [-0.3, -0.25) is 4.79 Å². The topological polar surface area (TPSA) is 31.2 Å². The maximum absolute atomic E-state index is 11.4. The first-order valence-electron chi connectivity index (χ1n) is 6.91. The van der Waals surface area contributed by atoms with E-state index < -0.39 is 0 Å². The van der Waals surface area contributed by atoms with Crippen LogP contribution >= 0.6 is 0 Å². The first-order valence-corrected chi connectivity index (χ1v) is 6.91. The van der Waals surface area contributed by atoms with Crippen molar-refractivity contribution >= 4 is 17.2 Å². The summed E-state index contributed by atoms with van der Waals surface area (Å²) in [6.45, 7) is 2.67. The van der Waals surface area contributed by atoms with E-state index in [1.165, 1.54) is 0 Å². The number of carbonyl (C=O) groups excluding carboxylic acids is 1. The van der Waals surface area contributed by atoms with Gasteiger partial charge in [-0.15, -0.1) is 0 Å². The van der Waals surface area contributed by atoms with E-state index >= 15 is 0 Å². The maximum atomic E-state index is 11.4. The fourth-order valence-electron chi connectivity index (χ4n) is 2.81. The molecule has 106 valence electrons. The Kier molecular flexibility index (Phi) is 3.48. The van der Waals surface area contributed by atoms with E-state index in [-0.39, 0.29) is 0 Å². The summed E-state index contributed by atoms with van der Waals surface area (Å²) < 4.78 is 7.58. The highest BCUT2D eigenvalue weighted by Gasteiger charge is 2.14. The molecule has 0 aliphatic heterocycles. The quantitative estimate of drug-likeness (QED) is 0.680. The van der Waals surface area contributed by atoms with Gasteiger partial charge < -0.3 is 9.30 Å². The maximum Gasteiger partial charge on any atom is 0.152 e. The Balaban J connectivity index is 2.17. The number of hydrogen-bond donors (Lipinski definition) is 0. The van der Waals surface area contributed by atoms with Crippen molar-refractivity contribution in [2.45, 2.75) is 13.5 Å². The second-order valence-corrected chi connectivity index (χ2v) is 5.03. The van der Waals surface area contributed by atoms with Gasteiger partial charge in [0.15, 0.2) is 6.29 Å². The monoisotopic (exact) mass is 279 g/mol. The van der Waals surface area contributed by atoms with Gasteiger partial charge in [-0.05, 0) is 19.1 Å². The highest BCUT2D eigenvalue weighted by molar-refractivity contribution is 5.99. The van der Waals surface area contributed by atoms with Crippen molar-refractivity contribution in [3.05, 3.63) is 65.4 Å². The van der Waals surface area contributed by atoms with Gasteiger partial charge >= 0.3 is 0 Å². The Labute approximate surface area is 123 Å². The number of hydrogen-bond acceptors (Lipinski definition) is 2. The molecule has 0 unspecified atom stereocenters. The molecule has 0 bridgehead atoms. The number of benzene rings is 2. The summed E-state index contributed by atoms with van der Waals surface area (Å²) in [6.07, 6.45) is 0.941. The Hall–Kier alpha value is -2.55. The van der Waals surface area contributed by atoms with Crippen LogP contribution in [0.25, 0.3) is 10.9 Å². The molecule has 0 atom stereocenters. The molecule has 0 spiro atoms. The van der Waals surface area contributed by atoms with Crippen molar-refractivity contribution < 1.29 is 9.53 Å². The summed E-state index contributed by atoms with van der Waals surface area (Å²) >= 11 is 0. The molecule has 0 amide bonds. The zero-order valence-corrected chi connectivity index (χ0v) is 12.2. The predicted molar refractivity (Wildman–Crippen MR) is 84.2 cm³/mol. The van der Waals surface area contributed by atoms with E-state index in [0.717, 1.165) is 39.8 Å². The number of fused-ring (bicyclic) bond motifs is 1. The summed E-state index contributed by atoms with van der Waals surface area (Å²) in [4.78, 5) is 11.4. The molecule has 21 heavy (non-hydrogen) atoms. The van der Waals surface area contributed by atoms with Crippen LogP contribution in [0.3, 0.4) is 0 Å². The number of nitrogens with zero attached hydrogens (tertiary/aromatic N) is 1. The largest absolute Gasteiger partial charge is 0.496 e. The van der Waals surface area contributed by atoms with Crippen molar-refractivity contribution in [1.82, 2.24) is 4.57 Å². The fourth-order valence-corrected chi connectivity index (χ4v) is 2.81. The van der Waals surface area contributed by atoms with E-state index in [1.807, 2.05) is 55.5 Å². The first-order chi connectivity index (χ1) is 10.3. The molecule has 3 aromatic rings. The van der Waals surface area contributed by atoms with Crippen LogP contribution in [0, 0.1) is 6.92 Å². The van der Waals surface area contributed by atoms with Gasteiger partial charge in [-0.2, -0.15) is 0 Å². The second-order valence-electron chi connectivity index (χ2n) is 5.03. The Morgan fingerprint density at radius 1 is 1.10 bits per heavy atom. The van der Waals surface area contributed by atoms with Crippen LogP contribution in [-0.4, -0.2) is 18.0 Å². The molecule has 0 saturated carbocycles. The molecule has 0 aliphatic carbocycles. The third-order valence-corrected chi connectivity index (χ3v) is 3.92. The van der Waals surface area contributed by atoms with E-state index in [4.69, 9.17) is 4.74 Å². The Bertz CT molecular complexity index is 802. The number of methoxy groups -OCH3 is 1. The summed E-state index contributed by atoms with van der Waals surface area (Å²) in [6, 6.07) is 16.0. The van der Waals surface area contributed by atoms with Crippen LogP contribution in [0.4, 0.5) is 0 Å². The van der Waals surface area contributed by atoms with E-state index in [0.29, 0.717) is 6.54 Å². The van der Waals surface area contributed by atoms with Crippen LogP contribution < -0.4 is 4.74 Å². The second kappa shape index (κ2) is 5.44. The summed E-state index contributed by atoms with van der Waals surface area (Å²) in [7, 11) is 1.68. The van der Waals surface area contributed by atoms with Crippen molar-refractivity contribution in [1.29, 1.82) is 0 Å². The lowest BCUT2D eigenvalue weighted by Gasteiger charge is -2.12. The van der Waals surface area contributed by atoms with Crippen molar-refractivity contribution in [3.8, 4) is 5.75 Å². The van der Waals surface area contributed by atoms with Crippen molar-refractivity contribution in [2.75, 3.05) is 7.11 Å². The molecular formula is C18H17NO2. The lowest BCUT2D eigenvalue weighted by molar-refractivity contribution is 0.112. The highest BCUT2D eigenvalue weighted by atomic mass is 16.5. The molecule has 0 radical (unpaired) electrons. The van der Waals surface area contributed by atoms with Gasteiger partial charge in [0.25, 0.3) is 0 Å². The zero-order chi connectivity index (χ0) is 14.8. The number of rotatable bonds is 4. The van der Waals surface area contributed by atoms with Crippen LogP contribution in [0.5, 0.6) is 5.75 Å². The fraction of sp³-hybridized carbons (Fsp3) is 0.167. The van der Waals surface area contributed by atoms with Crippen molar-refractivity contribution in [3.63, 3.8) is 0 Å².